The average Bonchev–Trinajstić information content (AvgIpc) is 2.53. The van der Waals surface area contributed by atoms with Crippen molar-refractivity contribution < 1.29 is 13.2 Å². The highest BCUT2D eigenvalue weighted by atomic mass is 32.2. The molecule has 0 radical (unpaired) electrons. The second-order valence-corrected chi connectivity index (χ2v) is 4.71. The molecule has 0 heterocycles. The molecule has 2 rings (SSSR count). The summed E-state index contributed by atoms with van der Waals surface area (Å²) in [6.45, 7) is 0. The lowest BCUT2D eigenvalue weighted by Crippen LogP contribution is -2.27. The molecule has 0 aliphatic heterocycles. The first kappa shape index (κ1) is 15.4. The van der Waals surface area contributed by atoms with Crippen LogP contribution < -0.4 is 10.7 Å². The van der Waals surface area contributed by atoms with Gasteiger partial charge in [0, 0.05) is 5.56 Å². The van der Waals surface area contributed by atoms with Gasteiger partial charge in [-0.2, -0.15) is 13.4 Å². The van der Waals surface area contributed by atoms with E-state index in [1.165, 1.54) is 0 Å². The molecule has 0 spiro atoms. The summed E-state index contributed by atoms with van der Waals surface area (Å²) >= 11 is 0. The van der Waals surface area contributed by atoms with Crippen LogP contribution in [0, 0.1) is 0 Å². The number of hydrogen-bond acceptors (Lipinski definition) is 4. The third-order valence-electron chi connectivity index (χ3n) is 2.61. The van der Waals surface area contributed by atoms with Crippen molar-refractivity contribution in [2.45, 2.75) is 0 Å². The summed E-state index contributed by atoms with van der Waals surface area (Å²) in [7, 11) is -2.88. The van der Waals surface area contributed by atoms with Crippen molar-refractivity contribution >= 4 is 28.1 Å². The number of hydrazone groups is 1. The van der Waals surface area contributed by atoms with Crippen LogP contribution in [0.5, 0.6) is 0 Å². The van der Waals surface area contributed by atoms with E-state index in [-0.39, 0.29) is 5.84 Å². The number of para-hydroxylation sites is 1. The van der Waals surface area contributed by atoms with Gasteiger partial charge in [-0.15, -0.1) is 5.10 Å². The second kappa shape index (κ2) is 7.14. The van der Waals surface area contributed by atoms with Gasteiger partial charge >= 0.3 is 16.5 Å². The zero-order valence-electron chi connectivity index (χ0n) is 11.3. The summed E-state index contributed by atoms with van der Waals surface area (Å²) in [5.74, 6) is 0.0599. The summed E-state index contributed by atoms with van der Waals surface area (Å²) in [6, 6.07) is 16.0. The molecule has 2 aromatic carbocycles. The number of carbonyl (C=O) groups excluding carboxylic acids is 1. The molecule has 2 aromatic rings. The Kier molecular flexibility index (Phi) is 4.99. The third kappa shape index (κ3) is 4.00. The molecule has 0 bridgehead atoms. The van der Waals surface area contributed by atoms with Gasteiger partial charge in [-0.3, -0.25) is 0 Å². The number of rotatable bonds is 3. The van der Waals surface area contributed by atoms with E-state index < -0.39 is 16.5 Å². The molecule has 0 saturated heterocycles. The number of urea groups is 1. The lowest BCUT2D eigenvalue weighted by atomic mass is 10.2. The monoisotopic (exact) mass is 316 g/mol. The quantitative estimate of drug-likeness (QED) is 0.531. The zero-order chi connectivity index (χ0) is 15.9. The van der Waals surface area contributed by atoms with Crippen molar-refractivity contribution in [1.82, 2.24) is 0 Å². The predicted octanol–water partition coefficient (Wildman–Crippen LogP) is 2.00. The third-order valence-corrected chi connectivity index (χ3v) is 2.92. The van der Waals surface area contributed by atoms with Gasteiger partial charge < -0.3 is 5.73 Å². The fraction of sp³-hybridized carbons (Fsp3) is 0. The van der Waals surface area contributed by atoms with E-state index in [1.54, 1.807) is 54.6 Å². The lowest BCUT2D eigenvalue weighted by molar-refractivity contribution is 0.255. The van der Waals surface area contributed by atoms with Gasteiger partial charge in [0.1, 0.15) is 0 Å². The SMILES string of the molecule is NC(=NN(C(=O)N=S(=O)=O)c1ccccc1)c1ccccc1. The molecule has 0 unspecified atom stereocenters. The van der Waals surface area contributed by atoms with Crippen LogP contribution in [0.1, 0.15) is 5.56 Å². The van der Waals surface area contributed by atoms with Gasteiger partial charge in [0.05, 0.1) is 5.69 Å². The Hall–Kier alpha value is -3.00. The molecule has 0 aliphatic rings. The number of amides is 2. The summed E-state index contributed by atoms with van der Waals surface area (Å²) < 4.78 is 24.2. The van der Waals surface area contributed by atoms with Gasteiger partial charge in [0.25, 0.3) is 0 Å². The van der Waals surface area contributed by atoms with Crippen LogP contribution in [0.2, 0.25) is 0 Å². The first-order valence-corrected chi connectivity index (χ1v) is 7.21. The number of carbonyl (C=O) groups is 1. The van der Waals surface area contributed by atoms with Gasteiger partial charge in [0.2, 0.25) is 0 Å². The minimum absolute atomic E-state index is 0.0599. The van der Waals surface area contributed by atoms with E-state index >= 15 is 0 Å². The standard InChI is InChI=1S/C14H12N4O3S/c15-13(11-7-3-1-4-8-11)16-18(14(19)17-22(20)21)12-9-5-2-6-10-12/h1-10H,(H2,15,16). The van der Waals surface area contributed by atoms with Crippen LogP contribution in [0.4, 0.5) is 10.5 Å². The molecule has 0 atom stereocenters. The minimum atomic E-state index is -2.88. The van der Waals surface area contributed by atoms with Crippen molar-refractivity contribution in [3.05, 3.63) is 66.2 Å². The Morgan fingerprint density at radius 2 is 1.50 bits per heavy atom. The Labute approximate surface area is 128 Å². The Bertz CT molecular complexity index is 810. The van der Waals surface area contributed by atoms with Crippen LogP contribution in [-0.4, -0.2) is 20.3 Å². The molecule has 0 aromatic heterocycles. The van der Waals surface area contributed by atoms with E-state index in [2.05, 4.69) is 9.46 Å². The van der Waals surface area contributed by atoms with Gasteiger partial charge in [-0.05, 0) is 12.1 Å². The smallest absolute Gasteiger partial charge is 0.382 e. The molecule has 22 heavy (non-hydrogen) atoms. The predicted molar refractivity (Wildman–Crippen MR) is 82.8 cm³/mol. The Morgan fingerprint density at radius 3 is 2.05 bits per heavy atom. The van der Waals surface area contributed by atoms with Crippen LogP contribution in [0.25, 0.3) is 0 Å². The maximum atomic E-state index is 11.9. The number of hydrogen-bond donors (Lipinski definition) is 1. The first-order chi connectivity index (χ1) is 10.6. The largest absolute Gasteiger partial charge is 0.383 e. The molecule has 2 N–H and O–H groups in total. The van der Waals surface area contributed by atoms with Crippen LogP contribution >= 0.6 is 0 Å². The van der Waals surface area contributed by atoms with Gasteiger partial charge in [-0.25, -0.2) is 4.79 Å². The van der Waals surface area contributed by atoms with Crippen molar-refractivity contribution in [3.63, 3.8) is 0 Å². The Balaban J connectivity index is 2.45. The zero-order valence-corrected chi connectivity index (χ0v) is 12.1. The van der Waals surface area contributed by atoms with E-state index in [0.29, 0.717) is 11.3 Å². The molecule has 112 valence electrons. The van der Waals surface area contributed by atoms with Gasteiger partial charge in [-0.1, -0.05) is 52.9 Å². The topological polar surface area (TPSA) is 105 Å². The van der Waals surface area contributed by atoms with Crippen molar-refractivity contribution in [2.24, 2.45) is 15.2 Å². The molecule has 2 amide bonds. The molecule has 0 saturated carbocycles. The molecular formula is C14H12N4O3S. The van der Waals surface area contributed by atoms with Gasteiger partial charge in [0.15, 0.2) is 5.84 Å². The number of amidine groups is 1. The normalized spacial score (nSPS) is 10.8. The lowest BCUT2D eigenvalue weighted by Gasteiger charge is -2.14. The van der Waals surface area contributed by atoms with Crippen molar-refractivity contribution in [1.29, 1.82) is 0 Å². The highest BCUT2D eigenvalue weighted by Gasteiger charge is 2.16. The second-order valence-electron chi connectivity index (χ2n) is 4.09. The average molecular weight is 316 g/mol. The first-order valence-electron chi connectivity index (χ1n) is 6.17. The van der Waals surface area contributed by atoms with E-state index in [1.807, 2.05) is 6.07 Å². The molecule has 7 nitrogen and oxygen atoms in total. The maximum absolute atomic E-state index is 11.9. The van der Waals surface area contributed by atoms with E-state index in [9.17, 15) is 13.2 Å². The molecule has 8 heteroatoms. The highest BCUT2D eigenvalue weighted by molar-refractivity contribution is 7.62. The van der Waals surface area contributed by atoms with Crippen molar-refractivity contribution in [3.8, 4) is 0 Å². The summed E-state index contributed by atoms with van der Waals surface area (Å²) in [5.41, 5.74) is 6.81. The number of anilines is 1. The summed E-state index contributed by atoms with van der Waals surface area (Å²) in [4.78, 5) is 11.9. The van der Waals surface area contributed by atoms with E-state index in [0.717, 1.165) is 5.01 Å². The summed E-state index contributed by atoms with van der Waals surface area (Å²) in [6.07, 6.45) is 0. The number of benzene rings is 2. The number of nitrogens with two attached hydrogens (primary N) is 1. The highest BCUT2D eigenvalue weighted by Crippen LogP contribution is 2.15. The van der Waals surface area contributed by atoms with Crippen LogP contribution in [0.3, 0.4) is 0 Å². The minimum Gasteiger partial charge on any atom is -0.382 e. The summed E-state index contributed by atoms with van der Waals surface area (Å²) in [5, 5.41) is 4.81. The fourth-order valence-electron chi connectivity index (χ4n) is 1.66. The maximum Gasteiger partial charge on any atom is 0.383 e. The van der Waals surface area contributed by atoms with Crippen LogP contribution in [-0.2, 0) is 10.5 Å². The van der Waals surface area contributed by atoms with Crippen molar-refractivity contribution in [2.75, 3.05) is 5.01 Å². The fourth-order valence-corrected chi connectivity index (χ4v) is 1.86. The molecule has 0 fully saturated rings. The molecular weight excluding hydrogens is 304 g/mol. The van der Waals surface area contributed by atoms with Crippen LogP contribution in [0.15, 0.2) is 70.1 Å². The molecule has 0 aliphatic carbocycles. The Morgan fingerprint density at radius 1 is 0.955 bits per heavy atom. The number of nitrogens with zero attached hydrogens (tertiary/aromatic N) is 3. The van der Waals surface area contributed by atoms with E-state index in [4.69, 9.17) is 5.73 Å².